The first-order chi connectivity index (χ1) is 10.1. The SMILES string of the molecule is Cn1ncc2c(=O)n(CC(=O)c3cccc(Cl)c3)cnc21. The van der Waals surface area contributed by atoms with Crippen LogP contribution in [-0.4, -0.2) is 25.1 Å². The summed E-state index contributed by atoms with van der Waals surface area (Å²) in [6.45, 7) is -0.0863. The number of carbonyl (C=O) groups is 1. The number of hydrogen-bond acceptors (Lipinski definition) is 4. The maximum atomic E-state index is 12.3. The highest BCUT2D eigenvalue weighted by Gasteiger charge is 2.12. The van der Waals surface area contributed by atoms with Gasteiger partial charge in [-0.1, -0.05) is 23.7 Å². The third-order valence-electron chi connectivity index (χ3n) is 3.18. The Balaban J connectivity index is 1.97. The molecule has 1 aromatic carbocycles. The van der Waals surface area contributed by atoms with Gasteiger partial charge >= 0.3 is 0 Å². The van der Waals surface area contributed by atoms with Gasteiger partial charge in [-0.25, -0.2) is 4.98 Å². The Bertz CT molecular complexity index is 897. The van der Waals surface area contributed by atoms with Gasteiger partial charge < -0.3 is 0 Å². The third kappa shape index (κ3) is 2.45. The normalized spacial score (nSPS) is 11.0. The van der Waals surface area contributed by atoms with Crippen molar-refractivity contribution in [2.45, 2.75) is 6.54 Å². The first-order valence-corrected chi connectivity index (χ1v) is 6.60. The molecule has 0 saturated heterocycles. The summed E-state index contributed by atoms with van der Waals surface area (Å²) < 4.78 is 2.78. The highest BCUT2D eigenvalue weighted by Crippen LogP contribution is 2.12. The summed E-state index contributed by atoms with van der Waals surface area (Å²) in [6, 6.07) is 6.62. The van der Waals surface area contributed by atoms with Crippen LogP contribution in [0.5, 0.6) is 0 Å². The Morgan fingerprint density at radius 2 is 2.19 bits per heavy atom. The van der Waals surface area contributed by atoms with Crippen LogP contribution in [0.1, 0.15) is 10.4 Å². The maximum Gasteiger partial charge on any atom is 0.264 e. The number of rotatable bonds is 3. The van der Waals surface area contributed by atoms with E-state index in [9.17, 15) is 9.59 Å². The lowest BCUT2D eigenvalue weighted by molar-refractivity contribution is 0.0970. The molecule has 0 aliphatic carbocycles. The standard InChI is InChI=1S/C14H11ClN4O2/c1-18-13-11(6-17-18)14(21)19(8-16-13)7-12(20)9-3-2-4-10(15)5-9/h2-6,8H,7H2,1H3. The predicted molar refractivity (Wildman–Crippen MR) is 78.6 cm³/mol. The molecule has 0 N–H and O–H groups in total. The van der Waals surface area contributed by atoms with Crippen LogP contribution in [0.15, 0.2) is 41.6 Å². The van der Waals surface area contributed by atoms with Gasteiger partial charge in [-0.15, -0.1) is 0 Å². The van der Waals surface area contributed by atoms with Gasteiger partial charge in [0.05, 0.1) is 12.7 Å². The Kier molecular flexibility index (Phi) is 3.31. The molecule has 0 spiro atoms. The van der Waals surface area contributed by atoms with Crippen molar-refractivity contribution in [1.82, 2.24) is 19.3 Å². The second-order valence-electron chi connectivity index (χ2n) is 4.62. The number of aromatic nitrogens is 4. The van der Waals surface area contributed by atoms with E-state index in [1.807, 2.05) is 0 Å². The molecule has 0 atom stereocenters. The van der Waals surface area contributed by atoms with E-state index >= 15 is 0 Å². The van der Waals surface area contributed by atoms with Gasteiger partial charge in [-0.2, -0.15) is 5.10 Å². The summed E-state index contributed by atoms with van der Waals surface area (Å²) in [5.41, 5.74) is 0.663. The van der Waals surface area contributed by atoms with E-state index in [1.54, 1.807) is 31.3 Å². The van der Waals surface area contributed by atoms with Crippen LogP contribution in [0.4, 0.5) is 0 Å². The van der Waals surface area contributed by atoms with Gasteiger partial charge in [0, 0.05) is 17.6 Å². The van der Waals surface area contributed by atoms with Crippen molar-refractivity contribution in [3.8, 4) is 0 Å². The molecule has 106 valence electrons. The molecule has 0 fully saturated rings. The molecule has 3 rings (SSSR count). The lowest BCUT2D eigenvalue weighted by atomic mass is 10.1. The number of aryl methyl sites for hydroxylation is 1. The number of halogens is 1. The number of Topliss-reactive ketones (excluding diaryl/α,β-unsaturated/α-hetero) is 1. The van der Waals surface area contributed by atoms with Gasteiger partial charge in [0.15, 0.2) is 11.4 Å². The van der Waals surface area contributed by atoms with Gasteiger partial charge in [-0.3, -0.25) is 18.8 Å². The smallest absolute Gasteiger partial charge is 0.264 e. The van der Waals surface area contributed by atoms with Gasteiger partial charge in [0.1, 0.15) is 11.7 Å². The summed E-state index contributed by atoms with van der Waals surface area (Å²) in [5.74, 6) is -0.204. The molecule has 6 nitrogen and oxygen atoms in total. The molecule has 0 radical (unpaired) electrons. The Labute approximate surface area is 124 Å². The minimum atomic E-state index is -0.288. The first-order valence-electron chi connectivity index (χ1n) is 6.22. The zero-order chi connectivity index (χ0) is 15.0. The van der Waals surface area contributed by atoms with Gasteiger partial charge in [0.25, 0.3) is 5.56 Å². The topological polar surface area (TPSA) is 69.8 Å². The van der Waals surface area contributed by atoms with Crippen molar-refractivity contribution in [2.24, 2.45) is 7.05 Å². The average molecular weight is 303 g/mol. The zero-order valence-corrected chi connectivity index (χ0v) is 11.9. The molecule has 0 unspecified atom stereocenters. The van der Waals surface area contributed by atoms with Crippen LogP contribution in [0, 0.1) is 0 Å². The number of benzene rings is 1. The summed E-state index contributed by atoms with van der Waals surface area (Å²) in [5, 5.41) is 4.85. The second-order valence-corrected chi connectivity index (χ2v) is 5.05. The average Bonchev–Trinajstić information content (AvgIpc) is 2.84. The van der Waals surface area contributed by atoms with Crippen molar-refractivity contribution < 1.29 is 4.79 Å². The summed E-state index contributed by atoms with van der Waals surface area (Å²) in [4.78, 5) is 28.6. The van der Waals surface area contributed by atoms with Crippen LogP contribution >= 0.6 is 11.6 Å². The molecule has 0 saturated carbocycles. The van der Waals surface area contributed by atoms with Crippen LogP contribution < -0.4 is 5.56 Å². The Hall–Kier alpha value is -2.47. The molecule has 7 heteroatoms. The largest absolute Gasteiger partial charge is 0.292 e. The minimum absolute atomic E-state index is 0.0863. The molecule has 0 amide bonds. The molecular formula is C14H11ClN4O2. The van der Waals surface area contributed by atoms with E-state index in [4.69, 9.17) is 11.6 Å². The summed E-state index contributed by atoms with van der Waals surface area (Å²) in [6.07, 6.45) is 2.81. The van der Waals surface area contributed by atoms with E-state index < -0.39 is 0 Å². The van der Waals surface area contributed by atoms with E-state index in [0.717, 1.165) is 0 Å². The van der Waals surface area contributed by atoms with E-state index in [1.165, 1.54) is 21.8 Å². The molecule has 2 heterocycles. The zero-order valence-electron chi connectivity index (χ0n) is 11.2. The minimum Gasteiger partial charge on any atom is -0.292 e. The summed E-state index contributed by atoms with van der Waals surface area (Å²) >= 11 is 5.86. The van der Waals surface area contributed by atoms with Crippen molar-refractivity contribution in [3.05, 3.63) is 57.7 Å². The number of hydrogen-bond donors (Lipinski definition) is 0. The number of carbonyl (C=O) groups excluding carboxylic acids is 1. The number of nitrogens with zero attached hydrogens (tertiary/aromatic N) is 4. The van der Waals surface area contributed by atoms with Crippen molar-refractivity contribution in [3.63, 3.8) is 0 Å². The third-order valence-corrected chi connectivity index (χ3v) is 3.41. The molecule has 0 aliphatic rings. The quantitative estimate of drug-likeness (QED) is 0.690. The Morgan fingerprint density at radius 3 is 2.95 bits per heavy atom. The van der Waals surface area contributed by atoms with Crippen LogP contribution in [-0.2, 0) is 13.6 Å². The lowest BCUT2D eigenvalue weighted by Crippen LogP contribution is -2.24. The molecule has 3 aromatic rings. The monoisotopic (exact) mass is 302 g/mol. The summed E-state index contributed by atoms with van der Waals surface area (Å²) in [7, 11) is 1.70. The van der Waals surface area contributed by atoms with Crippen LogP contribution in [0.3, 0.4) is 0 Å². The van der Waals surface area contributed by atoms with Crippen LogP contribution in [0.2, 0.25) is 5.02 Å². The number of ketones is 1. The van der Waals surface area contributed by atoms with Crippen molar-refractivity contribution in [2.75, 3.05) is 0 Å². The van der Waals surface area contributed by atoms with Gasteiger partial charge in [0.2, 0.25) is 0 Å². The highest BCUT2D eigenvalue weighted by atomic mass is 35.5. The second kappa shape index (κ2) is 5.14. The molecule has 21 heavy (non-hydrogen) atoms. The fraction of sp³-hybridized carbons (Fsp3) is 0.143. The predicted octanol–water partition coefficient (Wildman–Crippen LogP) is 1.67. The van der Waals surface area contributed by atoms with Crippen molar-refractivity contribution >= 4 is 28.4 Å². The molecular weight excluding hydrogens is 292 g/mol. The molecule has 0 aliphatic heterocycles. The van der Waals surface area contributed by atoms with Crippen LogP contribution in [0.25, 0.3) is 11.0 Å². The first kappa shape index (κ1) is 13.5. The maximum absolute atomic E-state index is 12.3. The Morgan fingerprint density at radius 1 is 1.38 bits per heavy atom. The van der Waals surface area contributed by atoms with Gasteiger partial charge in [-0.05, 0) is 12.1 Å². The highest BCUT2D eigenvalue weighted by molar-refractivity contribution is 6.31. The van der Waals surface area contributed by atoms with E-state index in [-0.39, 0.29) is 17.9 Å². The molecule has 0 bridgehead atoms. The van der Waals surface area contributed by atoms with E-state index in [2.05, 4.69) is 10.1 Å². The molecule has 2 aromatic heterocycles. The fourth-order valence-corrected chi connectivity index (χ4v) is 2.28. The number of fused-ring (bicyclic) bond motifs is 1. The lowest BCUT2D eigenvalue weighted by Gasteiger charge is -2.05. The van der Waals surface area contributed by atoms with Crippen molar-refractivity contribution in [1.29, 1.82) is 0 Å². The van der Waals surface area contributed by atoms with E-state index in [0.29, 0.717) is 21.6 Å². The fourth-order valence-electron chi connectivity index (χ4n) is 2.09.